The summed E-state index contributed by atoms with van der Waals surface area (Å²) in [6, 6.07) is 7.19. The molecule has 0 atom stereocenters. The lowest BCUT2D eigenvalue weighted by Gasteiger charge is -2.12. The van der Waals surface area contributed by atoms with Crippen molar-refractivity contribution in [2.24, 2.45) is 0 Å². The van der Waals surface area contributed by atoms with Crippen LogP contribution in [0.1, 0.15) is 12.5 Å². The van der Waals surface area contributed by atoms with Gasteiger partial charge >= 0.3 is 5.97 Å². The predicted octanol–water partition coefficient (Wildman–Crippen LogP) is 3.10. The molecular formula is C14H12ClNO3S2. The zero-order valence-corrected chi connectivity index (χ0v) is 13.6. The molecule has 1 aliphatic rings. The van der Waals surface area contributed by atoms with Crippen LogP contribution in [0.5, 0.6) is 0 Å². The van der Waals surface area contributed by atoms with Crippen LogP contribution in [-0.2, 0) is 14.3 Å². The second-order valence-corrected chi connectivity index (χ2v) is 6.18. The summed E-state index contributed by atoms with van der Waals surface area (Å²) in [5.41, 5.74) is 0.732. The van der Waals surface area contributed by atoms with E-state index in [2.05, 4.69) is 0 Å². The van der Waals surface area contributed by atoms with E-state index in [1.807, 2.05) is 12.1 Å². The predicted molar refractivity (Wildman–Crippen MR) is 88.0 cm³/mol. The molecule has 0 aliphatic carbocycles. The summed E-state index contributed by atoms with van der Waals surface area (Å²) in [6.07, 6.45) is 1.67. The van der Waals surface area contributed by atoms with Gasteiger partial charge in [-0.25, -0.2) is 0 Å². The monoisotopic (exact) mass is 341 g/mol. The number of hydrogen-bond acceptors (Lipinski definition) is 5. The summed E-state index contributed by atoms with van der Waals surface area (Å²) in [5, 5.41) is 0.549. The Morgan fingerprint density at radius 3 is 2.86 bits per heavy atom. The van der Waals surface area contributed by atoms with E-state index in [1.165, 1.54) is 4.90 Å². The first-order chi connectivity index (χ1) is 10.0. The molecule has 0 radical (unpaired) electrons. The topological polar surface area (TPSA) is 46.6 Å². The number of esters is 1. The number of ether oxygens (including phenoxy) is 1. The van der Waals surface area contributed by atoms with E-state index in [-0.39, 0.29) is 19.1 Å². The third kappa shape index (κ3) is 3.84. The van der Waals surface area contributed by atoms with Crippen molar-refractivity contribution in [2.45, 2.75) is 6.92 Å². The molecule has 0 unspecified atom stereocenters. The third-order valence-electron chi connectivity index (χ3n) is 2.66. The minimum atomic E-state index is -0.479. The first-order valence-electron chi connectivity index (χ1n) is 6.18. The van der Waals surface area contributed by atoms with Gasteiger partial charge < -0.3 is 4.74 Å². The van der Waals surface area contributed by atoms with E-state index in [1.54, 1.807) is 25.1 Å². The van der Waals surface area contributed by atoms with Crippen molar-refractivity contribution in [1.82, 2.24) is 4.90 Å². The fourth-order valence-electron chi connectivity index (χ4n) is 1.71. The van der Waals surface area contributed by atoms with E-state index >= 15 is 0 Å². The van der Waals surface area contributed by atoms with Crippen LogP contribution in [0.4, 0.5) is 0 Å². The van der Waals surface area contributed by atoms with Gasteiger partial charge in [-0.05, 0) is 24.6 Å². The Bertz CT molecular complexity index is 630. The maximum atomic E-state index is 12.3. The molecule has 1 aromatic carbocycles. The molecule has 21 heavy (non-hydrogen) atoms. The molecule has 110 valence electrons. The lowest BCUT2D eigenvalue weighted by molar-refractivity contribution is -0.145. The molecule has 0 N–H and O–H groups in total. The van der Waals surface area contributed by atoms with Crippen LogP contribution >= 0.6 is 35.6 Å². The first kappa shape index (κ1) is 16.0. The fraction of sp³-hybridized carbons (Fsp3) is 0.214. The van der Waals surface area contributed by atoms with Crippen molar-refractivity contribution in [3.05, 3.63) is 39.8 Å². The highest BCUT2D eigenvalue weighted by molar-refractivity contribution is 8.26. The molecule has 1 heterocycles. The van der Waals surface area contributed by atoms with Crippen molar-refractivity contribution in [2.75, 3.05) is 13.2 Å². The van der Waals surface area contributed by atoms with E-state index in [0.717, 1.165) is 17.3 Å². The Kier molecular flexibility index (Phi) is 5.39. The second-order valence-electron chi connectivity index (χ2n) is 4.09. The van der Waals surface area contributed by atoms with Crippen molar-refractivity contribution < 1.29 is 14.3 Å². The summed E-state index contributed by atoms with van der Waals surface area (Å²) >= 11 is 12.3. The molecule has 1 saturated heterocycles. The zero-order chi connectivity index (χ0) is 15.4. The van der Waals surface area contributed by atoms with Gasteiger partial charge in [-0.1, -0.05) is 53.8 Å². The summed E-state index contributed by atoms with van der Waals surface area (Å²) in [6.45, 7) is 1.81. The van der Waals surface area contributed by atoms with E-state index < -0.39 is 5.97 Å². The van der Waals surface area contributed by atoms with Crippen molar-refractivity contribution in [1.29, 1.82) is 0 Å². The quantitative estimate of drug-likeness (QED) is 0.478. The van der Waals surface area contributed by atoms with Crippen molar-refractivity contribution >= 4 is 57.9 Å². The average Bonchev–Trinajstić information content (AvgIpc) is 2.69. The third-order valence-corrected chi connectivity index (χ3v) is 4.38. The van der Waals surface area contributed by atoms with E-state index in [0.29, 0.717) is 14.2 Å². The normalized spacial score (nSPS) is 16.7. The number of rotatable bonds is 4. The molecule has 1 aliphatic heterocycles. The minimum Gasteiger partial charge on any atom is -0.465 e. The van der Waals surface area contributed by atoms with Gasteiger partial charge in [-0.3, -0.25) is 14.5 Å². The summed E-state index contributed by atoms with van der Waals surface area (Å²) in [5.74, 6) is -0.786. The lowest BCUT2D eigenvalue weighted by atomic mass is 10.2. The van der Waals surface area contributed by atoms with Crippen molar-refractivity contribution in [3.8, 4) is 0 Å². The summed E-state index contributed by atoms with van der Waals surface area (Å²) < 4.78 is 5.17. The van der Waals surface area contributed by atoms with E-state index in [4.69, 9.17) is 28.6 Å². The molecule has 1 fully saturated rings. The number of benzene rings is 1. The number of carbonyl (C=O) groups is 2. The number of amides is 1. The molecule has 7 heteroatoms. The number of hydrogen-bond donors (Lipinski definition) is 0. The smallest absolute Gasteiger partial charge is 0.326 e. The molecule has 0 saturated carbocycles. The average molecular weight is 342 g/mol. The Balaban J connectivity index is 2.18. The van der Waals surface area contributed by atoms with Crippen LogP contribution in [0.25, 0.3) is 6.08 Å². The highest BCUT2D eigenvalue weighted by Gasteiger charge is 2.33. The maximum Gasteiger partial charge on any atom is 0.326 e. The molecule has 0 spiro atoms. The van der Waals surface area contributed by atoms with Crippen LogP contribution in [0, 0.1) is 0 Å². The highest BCUT2D eigenvalue weighted by atomic mass is 35.5. The van der Waals surface area contributed by atoms with Gasteiger partial charge in [-0.15, -0.1) is 0 Å². The molecule has 4 nitrogen and oxygen atoms in total. The van der Waals surface area contributed by atoms with Gasteiger partial charge in [0.2, 0.25) is 0 Å². The maximum absolute atomic E-state index is 12.3. The van der Waals surface area contributed by atoms with Gasteiger partial charge in [-0.2, -0.15) is 0 Å². The van der Waals surface area contributed by atoms with Gasteiger partial charge in [0.25, 0.3) is 5.91 Å². The Hall–Kier alpha value is -1.37. The number of halogens is 1. The molecule has 2 rings (SSSR count). The molecular weight excluding hydrogens is 330 g/mol. The number of thiocarbonyl (C=S) groups is 1. The van der Waals surface area contributed by atoms with Gasteiger partial charge in [0.15, 0.2) is 0 Å². The summed E-state index contributed by atoms with van der Waals surface area (Å²) in [4.78, 5) is 25.4. The molecule has 1 aromatic rings. The van der Waals surface area contributed by atoms with Crippen LogP contribution in [0.15, 0.2) is 29.2 Å². The van der Waals surface area contributed by atoms with E-state index in [9.17, 15) is 9.59 Å². The largest absolute Gasteiger partial charge is 0.465 e. The standard InChI is InChI=1S/C14H12ClNO3S2/c1-2-19-12(17)8-16-13(18)11(21-14(16)20)7-9-5-3-4-6-10(9)15/h3-7H,2,8H2,1H3/b11-7+. The summed E-state index contributed by atoms with van der Waals surface area (Å²) in [7, 11) is 0. The molecule has 0 aromatic heterocycles. The molecule has 0 bridgehead atoms. The van der Waals surface area contributed by atoms with Gasteiger partial charge in [0.1, 0.15) is 10.9 Å². The molecule has 1 amide bonds. The van der Waals surface area contributed by atoms with Crippen LogP contribution < -0.4 is 0 Å². The SMILES string of the molecule is CCOC(=O)CN1C(=O)/C(=C\c2ccccc2Cl)SC1=S. The van der Waals surface area contributed by atoms with Crippen molar-refractivity contribution in [3.63, 3.8) is 0 Å². The first-order valence-corrected chi connectivity index (χ1v) is 7.78. The number of nitrogens with zero attached hydrogens (tertiary/aromatic N) is 1. The number of thioether (sulfide) groups is 1. The van der Waals surface area contributed by atoms with Crippen LogP contribution in [0.2, 0.25) is 5.02 Å². The fourth-order valence-corrected chi connectivity index (χ4v) is 3.14. The van der Waals surface area contributed by atoms with Crippen LogP contribution in [-0.4, -0.2) is 34.2 Å². The minimum absolute atomic E-state index is 0.168. The lowest BCUT2D eigenvalue weighted by Crippen LogP contribution is -2.34. The Labute approximate surface area is 137 Å². The zero-order valence-electron chi connectivity index (χ0n) is 11.2. The second kappa shape index (κ2) is 7.06. The highest BCUT2D eigenvalue weighted by Crippen LogP contribution is 2.33. The Morgan fingerprint density at radius 1 is 1.48 bits per heavy atom. The van der Waals surface area contributed by atoms with Gasteiger partial charge in [0, 0.05) is 5.02 Å². The van der Waals surface area contributed by atoms with Gasteiger partial charge in [0.05, 0.1) is 11.5 Å². The van der Waals surface area contributed by atoms with Crippen LogP contribution in [0.3, 0.4) is 0 Å². The number of carbonyl (C=O) groups excluding carboxylic acids is 2. The Morgan fingerprint density at radius 2 is 2.19 bits per heavy atom.